The van der Waals surface area contributed by atoms with Gasteiger partial charge in [0.1, 0.15) is 11.6 Å². The van der Waals surface area contributed by atoms with Crippen LogP contribution in [-0.4, -0.2) is 35.7 Å². The van der Waals surface area contributed by atoms with E-state index >= 15 is 0 Å². The van der Waals surface area contributed by atoms with Crippen LogP contribution in [0.2, 0.25) is 0 Å². The molecule has 31 heavy (non-hydrogen) atoms. The summed E-state index contributed by atoms with van der Waals surface area (Å²) < 4.78 is 9.15. The molecule has 4 rings (SSSR count). The molecule has 11 heteroatoms. The van der Waals surface area contributed by atoms with E-state index in [1.54, 1.807) is 6.07 Å². The number of ether oxygens (including phenoxy) is 1. The summed E-state index contributed by atoms with van der Waals surface area (Å²) in [5.74, 6) is 0.558. The first-order valence-corrected chi connectivity index (χ1v) is 11.1. The number of hydrogen-bond donors (Lipinski definition) is 3. The summed E-state index contributed by atoms with van der Waals surface area (Å²) in [6, 6.07) is 4.67. The number of carboxylic acid groups (broad SMARTS) is 1. The van der Waals surface area contributed by atoms with E-state index in [0.717, 1.165) is 18.5 Å². The summed E-state index contributed by atoms with van der Waals surface area (Å²) in [6.45, 7) is 4.98. The first-order chi connectivity index (χ1) is 14.9. The van der Waals surface area contributed by atoms with Gasteiger partial charge >= 0.3 is 11.7 Å². The summed E-state index contributed by atoms with van der Waals surface area (Å²) in [7, 11) is 0. The first-order valence-electron chi connectivity index (χ1n) is 10.1. The van der Waals surface area contributed by atoms with Gasteiger partial charge in [-0.3, -0.25) is 14.3 Å². The fourth-order valence-corrected chi connectivity index (χ4v) is 4.46. The van der Waals surface area contributed by atoms with Crippen LogP contribution in [0.5, 0.6) is 5.75 Å². The standard InChI is InChI=1S/C20H23N5O5S/c1-3-5-8-25-16-15(17(26)23-19(25)29)24(4-2)14(22-16)10-31-20-21-12-7-6-11(18(27)28)9-13(12)30-20/h6-7,9,20-21H,3-5,8,10H2,1-2H3,(H,27,28)(H,23,26,29). The average molecular weight is 446 g/mol. The number of aromatic nitrogens is 4. The number of nitrogens with one attached hydrogen (secondary N) is 2. The first kappa shape index (κ1) is 21.0. The number of aromatic amines is 1. The zero-order valence-corrected chi connectivity index (χ0v) is 18.0. The summed E-state index contributed by atoms with van der Waals surface area (Å²) in [5, 5.41) is 12.3. The number of carboxylic acids is 1. The Morgan fingerprint density at radius 1 is 1.29 bits per heavy atom. The van der Waals surface area contributed by atoms with Crippen LogP contribution >= 0.6 is 11.8 Å². The minimum atomic E-state index is -1.02. The number of carbonyl (C=O) groups is 1. The Morgan fingerprint density at radius 3 is 2.81 bits per heavy atom. The lowest BCUT2D eigenvalue weighted by atomic mass is 10.2. The van der Waals surface area contributed by atoms with Gasteiger partial charge in [-0.2, -0.15) is 0 Å². The van der Waals surface area contributed by atoms with Crippen LogP contribution in [0, 0.1) is 0 Å². The van der Waals surface area contributed by atoms with E-state index in [1.807, 2.05) is 18.4 Å². The molecule has 0 saturated heterocycles. The number of aromatic carboxylic acids is 1. The van der Waals surface area contributed by atoms with E-state index < -0.39 is 22.8 Å². The number of rotatable bonds is 8. The number of anilines is 1. The van der Waals surface area contributed by atoms with Crippen LogP contribution in [0.1, 0.15) is 42.9 Å². The highest BCUT2D eigenvalue weighted by atomic mass is 32.2. The summed E-state index contributed by atoms with van der Waals surface area (Å²) >= 11 is 1.42. The number of fused-ring (bicyclic) bond motifs is 2. The van der Waals surface area contributed by atoms with Crippen molar-refractivity contribution in [1.82, 2.24) is 19.1 Å². The van der Waals surface area contributed by atoms with Crippen molar-refractivity contribution in [3.05, 3.63) is 50.4 Å². The third-order valence-electron chi connectivity index (χ3n) is 5.12. The van der Waals surface area contributed by atoms with E-state index in [2.05, 4.69) is 15.3 Å². The number of hydrogen-bond acceptors (Lipinski definition) is 7. The van der Waals surface area contributed by atoms with Gasteiger partial charge in [0, 0.05) is 13.1 Å². The third kappa shape index (κ3) is 3.92. The van der Waals surface area contributed by atoms with Gasteiger partial charge < -0.3 is 19.7 Å². The molecule has 10 nitrogen and oxygen atoms in total. The zero-order chi connectivity index (χ0) is 22.1. The molecular formula is C20H23N5O5S. The molecule has 1 unspecified atom stereocenters. The molecule has 164 valence electrons. The smallest absolute Gasteiger partial charge is 0.335 e. The van der Waals surface area contributed by atoms with Gasteiger partial charge in [0.2, 0.25) is 5.56 Å². The molecule has 2 aromatic heterocycles. The van der Waals surface area contributed by atoms with Gasteiger partial charge in [-0.1, -0.05) is 25.1 Å². The van der Waals surface area contributed by atoms with Crippen LogP contribution < -0.4 is 21.3 Å². The minimum Gasteiger partial charge on any atom is -0.478 e. The second-order valence-corrected chi connectivity index (χ2v) is 8.18. The van der Waals surface area contributed by atoms with Gasteiger partial charge in [-0.05, 0) is 31.5 Å². The number of benzene rings is 1. The van der Waals surface area contributed by atoms with Crippen LogP contribution in [-0.2, 0) is 18.8 Å². The van der Waals surface area contributed by atoms with Crippen LogP contribution in [0.3, 0.4) is 0 Å². The molecule has 0 radical (unpaired) electrons. The maximum Gasteiger partial charge on any atom is 0.335 e. The molecule has 3 heterocycles. The van der Waals surface area contributed by atoms with Crippen molar-refractivity contribution in [3.8, 4) is 5.75 Å². The van der Waals surface area contributed by atoms with E-state index in [4.69, 9.17) is 9.84 Å². The van der Waals surface area contributed by atoms with E-state index in [0.29, 0.717) is 41.6 Å². The van der Waals surface area contributed by atoms with Crippen LogP contribution in [0.25, 0.3) is 11.2 Å². The van der Waals surface area contributed by atoms with Crippen molar-refractivity contribution in [3.63, 3.8) is 0 Å². The molecule has 1 aliphatic heterocycles. The number of H-pyrrole nitrogens is 1. The lowest BCUT2D eigenvalue weighted by Gasteiger charge is -2.11. The van der Waals surface area contributed by atoms with Crippen molar-refractivity contribution in [2.45, 2.75) is 51.1 Å². The SMILES string of the molecule is CCCCn1c(=O)[nH]c(=O)c2c1nc(CSC1Nc3ccc(C(=O)O)cc3O1)n2CC. The van der Waals surface area contributed by atoms with E-state index in [-0.39, 0.29) is 5.56 Å². The zero-order valence-electron chi connectivity index (χ0n) is 17.2. The maximum atomic E-state index is 12.5. The Hall–Kier alpha value is -3.21. The second-order valence-electron chi connectivity index (χ2n) is 7.13. The molecule has 3 aromatic rings. The Balaban J connectivity index is 1.59. The maximum absolute atomic E-state index is 12.5. The predicted molar refractivity (Wildman–Crippen MR) is 118 cm³/mol. The highest BCUT2D eigenvalue weighted by Crippen LogP contribution is 2.37. The van der Waals surface area contributed by atoms with E-state index in [9.17, 15) is 14.4 Å². The van der Waals surface area contributed by atoms with Crippen molar-refractivity contribution >= 4 is 34.6 Å². The minimum absolute atomic E-state index is 0.156. The highest BCUT2D eigenvalue weighted by Gasteiger charge is 2.25. The number of nitrogens with zero attached hydrogens (tertiary/aromatic N) is 3. The molecule has 0 saturated carbocycles. The molecule has 0 fully saturated rings. The molecular weight excluding hydrogens is 422 g/mol. The van der Waals surface area contributed by atoms with Gasteiger partial charge in [0.15, 0.2) is 11.2 Å². The van der Waals surface area contributed by atoms with Crippen molar-refractivity contribution in [2.24, 2.45) is 0 Å². The Morgan fingerprint density at radius 2 is 2.10 bits per heavy atom. The van der Waals surface area contributed by atoms with Gasteiger partial charge in [-0.15, -0.1) is 0 Å². The second kappa shape index (κ2) is 8.50. The summed E-state index contributed by atoms with van der Waals surface area (Å²) in [4.78, 5) is 43.0. The lowest BCUT2D eigenvalue weighted by molar-refractivity contribution is 0.0696. The lowest BCUT2D eigenvalue weighted by Crippen LogP contribution is -2.31. The van der Waals surface area contributed by atoms with Gasteiger partial charge in [0.25, 0.3) is 5.56 Å². The fourth-order valence-electron chi connectivity index (χ4n) is 3.56. The number of aryl methyl sites for hydroxylation is 2. The van der Waals surface area contributed by atoms with Crippen molar-refractivity contribution in [2.75, 3.05) is 5.32 Å². The number of imidazole rings is 1. The summed E-state index contributed by atoms with van der Waals surface area (Å²) in [6.07, 6.45) is 1.72. The monoisotopic (exact) mass is 445 g/mol. The molecule has 1 aliphatic rings. The van der Waals surface area contributed by atoms with Gasteiger partial charge in [0.05, 0.1) is 17.0 Å². The molecule has 0 spiro atoms. The average Bonchev–Trinajstić information content (AvgIpc) is 3.32. The number of unbranched alkanes of at least 4 members (excludes halogenated alkanes) is 1. The normalized spacial score (nSPS) is 15.0. The van der Waals surface area contributed by atoms with Crippen LogP contribution in [0.15, 0.2) is 27.8 Å². The Labute approximate surface area is 181 Å². The molecule has 0 aliphatic carbocycles. The Kier molecular flexibility index (Phi) is 5.77. The molecule has 3 N–H and O–H groups in total. The molecule has 0 bridgehead atoms. The van der Waals surface area contributed by atoms with E-state index in [1.165, 1.54) is 28.5 Å². The number of thioether (sulfide) groups is 1. The largest absolute Gasteiger partial charge is 0.478 e. The Bertz CT molecular complexity index is 1260. The molecule has 1 aromatic carbocycles. The molecule has 1 atom stereocenters. The van der Waals surface area contributed by atoms with Crippen LogP contribution in [0.4, 0.5) is 5.69 Å². The van der Waals surface area contributed by atoms with Crippen molar-refractivity contribution < 1.29 is 14.6 Å². The predicted octanol–water partition coefficient (Wildman–Crippen LogP) is 2.43. The summed E-state index contributed by atoms with van der Waals surface area (Å²) in [5.41, 5.74) is 0.348. The highest BCUT2D eigenvalue weighted by molar-refractivity contribution is 7.99. The quantitative estimate of drug-likeness (QED) is 0.482. The third-order valence-corrected chi connectivity index (χ3v) is 6.06. The van der Waals surface area contributed by atoms with Crippen molar-refractivity contribution in [1.29, 1.82) is 0 Å². The fraction of sp³-hybridized carbons (Fsp3) is 0.400. The molecule has 0 amide bonds. The topological polar surface area (TPSA) is 131 Å². The van der Waals surface area contributed by atoms with Gasteiger partial charge in [-0.25, -0.2) is 14.6 Å².